The van der Waals surface area contributed by atoms with Gasteiger partial charge < -0.3 is 9.32 Å². The van der Waals surface area contributed by atoms with Crippen LogP contribution < -0.4 is 5.63 Å². The molecule has 0 fully saturated rings. The minimum absolute atomic E-state index is 0.0114. The summed E-state index contributed by atoms with van der Waals surface area (Å²) in [6, 6.07) is 15.2. The fourth-order valence-corrected chi connectivity index (χ4v) is 3.03. The number of fused-ring (bicyclic) bond motifs is 1. The van der Waals surface area contributed by atoms with E-state index in [1.165, 1.54) is 13.0 Å². The monoisotopic (exact) mass is 335 g/mol. The van der Waals surface area contributed by atoms with Crippen LogP contribution in [-0.4, -0.2) is 17.9 Å². The van der Waals surface area contributed by atoms with E-state index in [9.17, 15) is 9.59 Å². The summed E-state index contributed by atoms with van der Waals surface area (Å²) in [7, 11) is 1.76. The highest BCUT2D eigenvalue weighted by Crippen LogP contribution is 2.31. The molecule has 3 rings (SSSR count). The maximum atomic E-state index is 12.1. The van der Waals surface area contributed by atoms with Gasteiger partial charge in [0.2, 0.25) is 5.91 Å². The van der Waals surface area contributed by atoms with Gasteiger partial charge in [0.25, 0.3) is 0 Å². The standard InChI is InChI=1S/C21H21NO3/c1-13-7-5-6-8-17(13)19-12-21(24)25-20-11-16(9-10-18(19)20)14(2)22(4)15(3)23/h5-12,14H,1-4H3. The lowest BCUT2D eigenvalue weighted by molar-refractivity contribution is -0.129. The van der Waals surface area contributed by atoms with Crippen molar-refractivity contribution < 1.29 is 9.21 Å². The fraction of sp³-hybridized carbons (Fsp3) is 0.238. The third kappa shape index (κ3) is 3.20. The zero-order valence-corrected chi connectivity index (χ0v) is 14.9. The van der Waals surface area contributed by atoms with Gasteiger partial charge in [-0.15, -0.1) is 0 Å². The number of nitrogens with zero attached hydrogens (tertiary/aromatic N) is 1. The number of carbonyl (C=O) groups excluding carboxylic acids is 1. The van der Waals surface area contributed by atoms with Crippen molar-refractivity contribution in [3.8, 4) is 11.1 Å². The van der Waals surface area contributed by atoms with E-state index in [0.29, 0.717) is 5.58 Å². The first-order chi connectivity index (χ1) is 11.9. The molecule has 25 heavy (non-hydrogen) atoms. The molecule has 1 aromatic heterocycles. The van der Waals surface area contributed by atoms with Crippen LogP contribution >= 0.6 is 0 Å². The fourth-order valence-electron chi connectivity index (χ4n) is 3.03. The number of aryl methyl sites for hydroxylation is 1. The number of benzene rings is 2. The molecule has 0 saturated carbocycles. The normalized spacial score (nSPS) is 12.2. The molecule has 1 atom stereocenters. The summed E-state index contributed by atoms with van der Waals surface area (Å²) in [5.41, 5.74) is 4.06. The van der Waals surface area contributed by atoms with E-state index in [0.717, 1.165) is 27.6 Å². The number of carbonyl (C=O) groups is 1. The lowest BCUT2D eigenvalue weighted by atomic mass is 9.96. The van der Waals surface area contributed by atoms with E-state index in [-0.39, 0.29) is 17.6 Å². The molecule has 0 aliphatic heterocycles. The molecular formula is C21H21NO3. The van der Waals surface area contributed by atoms with Crippen LogP contribution in [0.2, 0.25) is 0 Å². The second-order valence-electron chi connectivity index (χ2n) is 6.36. The van der Waals surface area contributed by atoms with Gasteiger partial charge in [0.1, 0.15) is 5.58 Å². The molecule has 1 amide bonds. The van der Waals surface area contributed by atoms with Crippen LogP contribution in [0.1, 0.15) is 31.0 Å². The predicted octanol–water partition coefficient (Wildman–Crippen LogP) is 4.31. The summed E-state index contributed by atoms with van der Waals surface area (Å²) in [5.74, 6) is -0.0114. The third-order valence-electron chi connectivity index (χ3n) is 4.76. The molecule has 2 aromatic carbocycles. The van der Waals surface area contributed by atoms with Crippen LogP contribution in [0.4, 0.5) is 0 Å². The molecule has 4 nitrogen and oxygen atoms in total. The topological polar surface area (TPSA) is 50.5 Å². The molecule has 0 radical (unpaired) electrons. The van der Waals surface area contributed by atoms with Gasteiger partial charge in [0.15, 0.2) is 0 Å². The summed E-state index contributed by atoms with van der Waals surface area (Å²) in [4.78, 5) is 25.3. The van der Waals surface area contributed by atoms with Crippen LogP contribution in [0.5, 0.6) is 0 Å². The summed E-state index contributed by atoms with van der Waals surface area (Å²) in [6.07, 6.45) is 0. The Morgan fingerprint density at radius 3 is 2.48 bits per heavy atom. The Hall–Kier alpha value is -2.88. The van der Waals surface area contributed by atoms with Crippen molar-refractivity contribution >= 4 is 16.9 Å². The molecule has 1 unspecified atom stereocenters. The van der Waals surface area contributed by atoms with Crippen molar-refractivity contribution in [2.24, 2.45) is 0 Å². The van der Waals surface area contributed by atoms with Gasteiger partial charge in [-0.3, -0.25) is 4.79 Å². The quantitative estimate of drug-likeness (QED) is 0.670. The largest absolute Gasteiger partial charge is 0.423 e. The van der Waals surface area contributed by atoms with Crippen LogP contribution in [0.25, 0.3) is 22.1 Å². The van der Waals surface area contributed by atoms with Crippen molar-refractivity contribution in [3.63, 3.8) is 0 Å². The first kappa shape index (κ1) is 17.0. The van der Waals surface area contributed by atoms with Crippen molar-refractivity contribution in [1.82, 2.24) is 4.90 Å². The highest BCUT2D eigenvalue weighted by molar-refractivity contribution is 5.94. The van der Waals surface area contributed by atoms with Crippen molar-refractivity contribution in [2.75, 3.05) is 7.05 Å². The molecule has 3 aromatic rings. The van der Waals surface area contributed by atoms with Crippen molar-refractivity contribution in [3.05, 3.63) is 70.1 Å². The van der Waals surface area contributed by atoms with Gasteiger partial charge in [-0.2, -0.15) is 0 Å². The number of amides is 1. The van der Waals surface area contributed by atoms with E-state index < -0.39 is 0 Å². The predicted molar refractivity (Wildman–Crippen MR) is 99.5 cm³/mol. The van der Waals surface area contributed by atoms with Gasteiger partial charge in [-0.05, 0) is 36.6 Å². The van der Waals surface area contributed by atoms with E-state index >= 15 is 0 Å². The number of hydrogen-bond donors (Lipinski definition) is 0. The minimum Gasteiger partial charge on any atom is -0.423 e. The van der Waals surface area contributed by atoms with Crippen LogP contribution in [0.15, 0.2) is 57.7 Å². The highest BCUT2D eigenvalue weighted by atomic mass is 16.4. The second kappa shape index (κ2) is 6.55. The van der Waals surface area contributed by atoms with Gasteiger partial charge in [-0.25, -0.2) is 4.79 Å². The Morgan fingerprint density at radius 1 is 1.08 bits per heavy atom. The van der Waals surface area contributed by atoms with Crippen LogP contribution in [-0.2, 0) is 4.79 Å². The van der Waals surface area contributed by atoms with E-state index in [4.69, 9.17) is 4.42 Å². The summed E-state index contributed by atoms with van der Waals surface area (Å²) >= 11 is 0. The van der Waals surface area contributed by atoms with Gasteiger partial charge in [-0.1, -0.05) is 36.4 Å². The Labute approximate surface area is 146 Å². The first-order valence-electron chi connectivity index (χ1n) is 8.25. The van der Waals surface area contributed by atoms with E-state index in [2.05, 4.69) is 0 Å². The average Bonchev–Trinajstić information content (AvgIpc) is 2.59. The van der Waals surface area contributed by atoms with Crippen molar-refractivity contribution in [2.45, 2.75) is 26.8 Å². The maximum absolute atomic E-state index is 12.1. The molecule has 0 N–H and O–H groups in total. The molecule has 1 heterocycles. The van der Waals surface area contributed by atoms with Crippen LogP contribution in [0, 0.1) is 6.92 Å². The smallest absolute Gasteiger partial charge is 0.336 e. The summed E-state index contributed by atoms with van der Waals surface area (Å²) < 4.78 is 5.44. The van der Waals surface area contributed by atoms with Gasteiger partial charge in [0.05, 0.1) is 6.04 Å². The van der Waals surface area contributed by atoms with Crippen LogP contribution in [0.3, 0.4) is 0 Å². The van der Waals surface area contributed by atoms with Gasteiger partial charge in [0, 0.05) is 31.0 Å². The van der Waals surface area contributed by atoms with Crippen molar-refractivity contribution in [1.29, 1.82) is 0 Å². The Balaban J connectivity index is 2.18. The molecule has 0 aliphatic carbocycles. The molecule has 0 aliphatic rings. The summed E-state index contributed by atoms with van der Waals surface area (Å²) in [5, 5.41) is 0.885. The molecule has 4 heteroatoms. The molecular weight excluding hydrogens is 314 g/mol. The Kier molecular flexibility index (Phi) is 4.45. The van der Waals surface area contributed by atoms with Gasteiger partial charge >= 0.3 is 5.63 Å². The maximum Gasteiger partial charge on any atom is 0.336 e. The zero-order chi connectivity index (χ0) is 18.1. The summed E-state index contributed by atoms with van der Waals surface area (Å²) in [6.45, 7) is 5.51. The molecule has 0 bridgehead atoms. The lowest BCUT2D eigenvalue weighted by Gasteiger charge is -2.24. The number of hydrogen-bond acceptors (Lipinski definition) is 3. The Bertz CT molecular complexity index is 1000. The second-order valence-corrected chi connectivity index (χ2v) is 6.36. The highest BCUT2D eigenvalue weighted by Gasteiger charge is 2.16. The molecule has 128 valence electrons. The average molecular weight is 335 g/mol. The zero-order valence-electron chi connectivity index (χ0n) is 14.9. The first-order valence-corrected chi connectivity index (χ1v) is 8.25. The Morgan fingerprint density at radius 2 is 1.80 bits per heavy atom. The lowest BCUT2D eigenvalue weighted by Crippen LogP contribution is -2.27. The molecule has 0 spiro atoms. The minimum atomic E-state index is -0.379. The molecule has 0 saturated heterocycles. The SMILES string of the molecule is CC(=O)N(C)C(C)c1ccc2c(-c3ccccc3C)cc(=O)oc2c1. The number of rotatable bonds is 3. The third-order valence-corrected chi connectivity index (χ3v) is 4.76. The van der Waals surface area contributed by atoms with E-state index in [1.54, 1.807) is 11.9 Å². The van der Waals surface area contributed by atoms with E-state index in [1.807, 2.05) is 56.3 Å².